The first-order chi connectivity index (χ1) is 8.26. The molecule has 0 N–H and O–H groups in total. The van der Waals surface area contributed by atoms with Gasteiger partial charge in [-0.15, -0.1) is 21.5 Å². The van der Waals surface area contributed by atoms with Crippen molar-refractivity contribution in [2.45, 2.75) is 31.4 Å². The van der Waals surface area contributed by atoms with Gasteiger partial charge in [-0.05, 0) is 43.1 Å². The standard InChI is InChI=1S/C12H14N2OS2/c1-7-3-4-9-8(5-7)6-10(17-9)11-13-14-12(15-11)16-2/h6-7H,3-5H2,1-2H3/t7-/m0/s1. The molecule has 1 atom stereocenters. The van der Waals surface area contributed by atoms with Crippen LogP contribution < -0.4 is 0 Å². The molecule has 0 amide bonds. The van der Waals surface area contributed by atoms with Crippen LogP contribution in [0.1, 0.15) is 23.8 Å². The van der Waals surface area contributed by atoms with E-state index >= 15 is 0 Å². The van der Waals surface area contributed by atoms with Crippen molar-refractivity contribution in [3.63, 3.8) is 0 Å². The number of aromatic nitrogens is 2. The van der Waals surface area contributed by atoms with Crippen molar-refractivity contribution in [1.29, 1.82) is 0 Å². The first-order valence-corrected chi connectivity index (χ1v) is 7.80. The highest BCUT2D eigenvalue weighted by atomic mass is 32.2. The number of thioether (sulfide) groups is 1. The Hall–Kier alpha value is -0.810. The van der Waals surface area contributed by atoms with Crippen molar-refractivity contribution in [3.8, 4) is 10.8 Å². The normalized spacial score (nSPS) is 19.3. The second kappa shape index (κ2) is 4.46. The number of nitrogens with zero attached hydrogens (tertiary/aromatic N) is 2. The van der Waals surface area contributed by atoms with Gasteiger partial charge in [-0.2, -0.15) is 0 Å². The monoisotopic (exact) mass is 266 g/mol. The lowest BCUT2D eigenvalue weighted by atomic mass is 9.90. The fourth-order valence-corrected chi connectivity index (χ4v) is 3.62. The van der Waals surface area contributed by atoms with Crippen LogP contribution in [0, 0.1) is 5.92 Å². The quantitative estimate of drug-likeness (QED) is 0.778. The van der Waals surface area contributed by atoms with E-state index in [1.54, 1.807) is 0 Å². The van der Waals surface area contributed by atoms with Gasteiger partial charge < -0.3 is 4.42 Å². The molecular weight excluding hydrogens is 252 g/mol. The Balaban J connectivity index is 1.94. The molecule has 0 bridgehead atoms. The maximum atomic E-state index is 5.57. The average molecular weight is 266 g/mol. The molecule has 0 unspecified atom stereocenters. The van der Waals surface area contributed by atoms with Crippen LogP contribution in [0.25, 0.3) is 10.8 Å². The minimum absolute atomic E-state index is 0.639. The first kappa shape index (κ1) is 11.3. The molecule has 2 heterocycles. The van der Waals surface area contributed by atoms with Crippen molar-refractivity contribution < 1.29 is 4.42 Å². The topological polar surface area (TPSA) is 38.9 Å². The molecule has 3 rings (SSSR count). The van der Waals surface area contributed by atoms with E-state index in [-0.39, 0.29) is 0 Å². The zero-order valence-electron chi connectivity index (χ0n) is 9.90. The summed E-state index contributed by atoms with van der Waals surface area (Å²) in [6, 6.07) is 2.23. The molecule has 0 saturated carbocycles. The zero-order chi connectivity index (χ0) is 11.8. The lowest BCUT2D eigenvalue weighted by Gasteiger charge is -2.16. The molecule has 0 fully saturated rings. The number of hydrogen-bond donors (Lipinski definition) is 0. The van der Waals surface area contributed by atoms with Crippen molar-refractivity contribution in [1.82, 2.24) is 10.2 Å². The minimum atomic E-state index is 0.639. The lowest BCUT2D eigenvalue weighted by molar-refractivity contribution is 0.467. The molecule has 17 heavy (non-hydrogen) atoms. The summed E-state index contributed by atoms with van der Waals surface area (Å²) in [4.78, 5) is 2.62. The molecule has 2 aromatic rings. The highest BCUT2D eigenvalue weighted by Crippen LogP contribution is 2.37. The van der Waals surface area contributed by atoms with Gasteiger partial charge in [-0.25, -0.2) is 0 Å². The van der Waals surface area contributed by atoms with Gasteiger partial charge in [-0.1, -0.05) is 18.7 Å². The number of hydrogen-bond acceptors (Lipinski definition) is 5. The van der Waals surface area contributed by atoms with E-state index in [1.165, 1.54) is 41.5 Å². The van der Waals surface area contributed by atoms with E-state index in [4.69, 9.17) is 4.42 Å². The van der Waals surface area contributed by atoms with E-state index in [0.29, 0.717) is 11.1 Å². The number of thiophene rings is 1. The summed E-state index contributed by atoms with van der Waals surface area (Å²) in [6.45, 7) is 2.32. The second-order valence-electron chi connectivity index (χ2n) is 4.48. The number of rotatable bonds is 2. The van der Waals surface area contributed by atoms with Crippen molar-refractivity contribution in [3.05, 3.63) is 16.5 Å². The van der Waals surface area contributed by atoms with Crippen LogP contribution in [0.5, 0.6) is 0 Å². The zero-order valence-corrected chi connectivity index (χ0v) is 11.5. The molecule has 0 aromatic carbocycles. The van der Waals surface area contributed by atoms with E-state index in [9.17, 15) is 0 Å². The van der Waals surface area contributed by atoms with Crippen LogP contribution in [0.3, 0.4) is 0 Å². The smallest absolute Gasteiger partial charge is 0.276 e. The Morgan fingerprint density at radius 2 is 2.35 bits per heavy atom. The van der Waals surface area contributed by atoms with Gasteiger partial charge >= 0.3 is 0 Å². The number of fused-ring (bicyclic) bond motifs is 1. The van der Waals surface area contributed by atoms with Crippen LogP contribution in [-0.4, -0.2) is 16.5 Å². The third kappa shape index (κ3) is 2.13. The van der Waals surface area contributed by atoms with E-state index < -0.39 is 0 Å². The third-order valence-electron chi connectivity index (χ3n) is 3.12. The van der Waals surface area contributed by atoms with Gasteiger partial charge in [-0.3, -0.25) is 0 Å². The predicted octanol–water partition coefficient (Wildman–Crippen LogP) is 3.64. The Kier molecular flexibility index (Phi) is 2.96. The summed E-state index contributed by atoms with van der Waals surface area (Å²) < 4.78 is 5.57. The molecule has 0 saturated heterocycles. The summed E-state index contributed by atoms with van der Waals surface area (Å²) in [5.74, 6) is 1.47. The van der Waals surface area contributed by atoms with Gasteiger partial charge in [0, 0.05) is 4.88 Å². The molecule has 90 valence electrons. The highest BCUT2D eigenvalue weighted by molar-refractivity contribution is 7.98. The van der Waals surface area contributed by atoms with Gasteiger partial charge in [0.1, 0.15) is 0 Å². The van der Waals surface area contributed by atoms with Crippen LogP contribution >= 0.6 is 23.1 Å². The Labute approximate surface area is 109 Å². The SMILES string of the molecule is CSc1nnc(-c2cc3c(s2)CC[C@H](C)C3)o1. The van der Waals surface area contributed by atoms with Crippen LogP contribution in [0.15, 0.2) is 15.7 Å². The van der Waals surface area contributed by atoms with Crippen molar-refractivity contribution >= 4 is 23.1 Å². The Bertz CT molecular complexity index is 532. The van der Waals surface area contributed by atoms with Crippen molar-refractivity contribution in [2.24, 2.45) is 5.92 Å². The van der Waals surface area contributed by atoms with Crippen LogP contribution in [-0.2, 0) is 12.8 Å². The maximum Gasteiger partial charge on any atom is 0.276 e. The van der Waals surface area contributed by atoms with Crippen LogP contribution in [0.4, 0.5) is 0 Å². The summed E-state index contributed by atoms with van der Waals surface area (Å²) in [5.41, 5.74) is 1.48. The predicted molar refractivity (Wildman–Crippen MR) is 70.6 cm³/mol. The molecule has 0 spiro atoms. The molecule has 1 aliphatic carbocycles. The Morgan fingerprint density at radius 3 is 3.12 bits per heavy atom. The Morgan fingerprint density at radius 1 is 1.47 bits per heavy atom. The molecule has 0 aliphatic heterocycles. The molecule has 0 radical (unpaired) electrons. The van der Waals surface area contributed by atoms with Crippen LogP contribution in [0.2, 0.25) is 0 Å². The number of aryl methyl sites for hydroxylation is 1. The van der Waals surface area contributed by atoms with E-state index in [1.807, 2.05) is 17.6 Å². The molecule has 5 heteroatoms. The van der Waals surface area contributed by atoms with Gasteiger partial charge in [0.05, 0.1) is 4.88 Å². The minimum Gasteiger partial charge on any atom is -0.410 e. The van der Waals surface area contributed by atoms with Gasteiger partial charge in [0.15, 0.2) is 0 Å². The van der Waals surface area contributed by atoms with Gasteiger partial charge in [0.25, 0.3) is 11.1 Å². The summed E-state index contributed by atoms with van der Waals surface area (Å²) >= 11 is 3.29. The first-order valence-electron chi connectivity index (χ1n) is 5.75. The second-order valence-corrected chi connectivity index (χ2v) is 6.38. The third-order valence-corrected chi connectivity index (χ3v) is 4.86. The van der Waals surface area contributed by atoms with Crippen molar-refractivity contribution in [2.75, 3.05) is 6.26 Å². The lowest BCUT2D eigenvalue weighted by Crippen LogP contribution is -2.07. The summed E-state index contributed by atoms with van der Waals surface area (Å²) in [5, 5.41) is 8.72. The van der Waals surface area contributed by atoms with E-state index in [0.717, 1.165) is 10.8 Å². The summed E-state index contributed by atoms with van der Waals surface area (Å²) in [6.07, 6.45) is 5.63. The molecule has 3 nitrogen and oxygen atoms in total. The molecular formula is C12H14N2OS2. The molecule has 2 aromatic heterocycles. The fourth-order valence-electron chi connectivity index (χ4n) is 2.20. The maximum absolute atomic E-state index is 5.57. The average Bonchev–Trinajstić information content (AvgIpc) is 2.93. The summed E-state index contributed by atoms with van der Waals surface area (Å²) in [7, 11) is 0. The van der Waals surface area contributed by atoms with Gasteiger partial charge in [0.2, 0.25) is 0 Å². The molecule has 1 aliphatic rings. The van der Waals surface area contributed by atoms with E-state index in [2.05, 4.69) is 23.2 Å². The largest absolute Gasteiger partial charge is 0.410 e. The fraction of sp³-hybridized carbons (Fsp3) is 0.500. The highest BCUT2D eigenvalue weighted by Gasteiger charge is 2.20.